The average molecular weight is 302 g/mol. The number of ether oxygens (including phenoxy) is 3. The van der Waals surface area contributed by atoms with E-state index in [4.69, 9.17) is 19.9 Å². The third-order valence-corrected chi connectivity index (χ3v) is 3.13. The Labute approximate surface area is 128 Å². The molecule has 0 saturated carbocycles. The van der Waals surface area contributed by atoms with Gasteiger partial charge in [-0.3, -0.25) is 4.79 Å². The molecule has 2 aromatic carbocycles. The van der Waals surface area contributed by atoms with Crippen LogP contribution in [0.25, 0.3) is 0 Å². The number of anilines is 2. The Bertz CT molecular complexity index is 664. The normalized spacial score (nSPS) is 9.95. The van der Waals surface area contributed by atoms with Crippen molar-refractivity contribution in [3.8, 4) is 17.2 Å². The van der Waals surface area contributed by atoms with Crippen molar-refractivity contribution >= 4 is 17.3 Å². The molecule has 6 heteroatoms. The Kier molecular flexibility index (Phi) is 4.73. The fourth-order valence-corrected chi connectivity index (χ4v) is 2.07. The Morgan fingerprint density at radius 1 is 0.955 bits per heavy atom. The second-order valence-electron chi connectivity index (χ2n) is 4.45. The number of amides is 1. The number of nitrogens with two attached hydrogens (primary N) is 1. The SMILES string of the molecule is COc1cc(N)ccc1NC(=O)c1c(OC)cccc1OC. The molecule has 0 spiro atoms. The molecule has 0 unspecified atom stereocenters. The molecule has 3 N–H and O–H groups in total. The van der Waals surface area contributed by atoms with Crippen molar-refractivity contribution < 1.29 is 19.0 Å². The first-order chi connectivity index (χ1) is 10.6. The quantitative estimate of drug-likeness (QED) is 0.829. The minimum atomic E-state index is -0.364. The van der Waals surface area contributed by atoms with Gasteiger partial charge in [0.2, 0.25) is 0 Å². The lowest BCUT2D eigenvalue weighted by Crippen LogP contribution is -2.15. The van der Waals surface area contributed by atoms with Crippen molar-refractivity contribution in [3.05, 3.63) is 42.0 Å². The number of carbonyl (C=O) groups excluding carboxylic acids is 1. The Morgan fingerprint density at radius 2 is 1.55 bits per heavy atom. The van der Waals surface area contributed by atoms with E-state index in [2.05, 4.69) is 5.32 Å². The summed E-state index contributed by atoms with van der Waals surface area (Å²) in [6.07, 6.45) is 0. The van der Waals surface area contributed by atoms with Crippen LogP contribution in [0.3, 0.4) is 0 Å². The second-order valence-corrected chi connectivity index (χ2v) is 4.45. The Morgan fingerprint density at radius 3 is 2.09 bits per heavy atom. The topological polar surface area (TPSA) is 82.8 Å². The maximum Gasteiger partial charge on any atom is 0.263 e. The number of carbonyl (C=O) groups is 1. The molecule has 0 aliphatic carbocycles. The summed E-state index contributed by atoms with van der Waals surface area (Å²) >= 11 is 0. The molecule has 2 aromatic rings. The molecule has 2 rings (SSSR count). The fraction of sp³-hybridized carbons (Fsp3) is 0.188. The first-order valence-electron chi connectivity index (χ1n) is 6.56. The number of benzene rings is 2. The summed E-state index contributed by atoms with van der Waals surface area (Å²) < 4.78 is 15.7. The van der Waals surface area contributed by atoms with Crippen molar-refractivity contribution in [1.29, 1.82) is 0 Å². The van der Waals surface area contributed by atoms with Crippen molar-refractivity contribution in [3.63, 3.8) is 0 Å². The van der Waals surface area contributed by atoms with Crippen molar-refractivity contribution in [2.75, 3.05) is 32.4 Å². The minimum absolute atomic E-state index is 0.311. The molecule has 0 aromatic heterocycles. The zero-order valence-corrected chi connectivity index (χ0v) is 12.7. The van der Waals surface area contributed by atoms with E-state index in [1.807, 2.05) is 0 Å². The third kappa shape index (κ3) is 3.06. The Hall–Kier alpha value is -2.89. The molecule has 0 aliphatic rings. The standard InChI is InChI=1S/C16H18N2O4/c1-20-12-5-4-6-13(21-2)15(12)16(19)18-11-8-7-10(17)9-14(11)22-3/h4-9H,17H2,1-3H3,(H,18,19). The van der Waals surface area contributed by atoms with Gasteiger partial charge in [0.15, 0.2) is 0 Å². The molecule has 116 valence electrons. The van der Waals surface area contributed by atoms with Crippen LogP contribution in [0.5, 0.6) is 17.2 Å². The van der Waals surface area contributed by atoms with E-state index in [1.54, 1.807) is 36.4 Å². The average Bonchev–Trinajstić information content (AvgIpc) is 2.55. The minimum Gasteiger partial charge on any atom is -0.496 e. The Balaban J connectivity index is 2.38. The van der Waals surface area contributed by atoms with E-state index in [-0.39, 0.29) is 5.91 Å². The summed E-state index contributed by atoms with van der Waals surface area (Å²) in [7, 11) is 4.50. The third-order valence-electron chi connectivity index (χ3n) is 3.13. The zero-order valence-electron chi connectivity index (χ0n) is 12.7. The first-order valence-corrected chi connectivity index (χ1v) is 6.56. The molecule has 1 amide bonds. The van der Waals surface area contributed by atoms with Crippen LogP contribution in [0.2, 0.25) is 0 Å². The van der Waals surface area contributed by atoms with Crippen LogP contribution in [-0.4, -0.2) is 27.2 Å². The van der Waals surface area contributed by atoms with Gasteiger partial charge in [0.1, 0.15) is 22.8 Å². The molecule has 0 saturated heterocycles. The van der Waals surface area contributed by atoms with Crippen LogP contribution in [0.15, 0.2) is 36.4 Å². The van der Waals surface area contributed by atoms with Gasteiger partial charge in [-0.2, -0.15) is 0 Å². The molecule has 0 bridgehead atoms. The lowest BCUT2D eigenvalue weighted by Gasteiger charge is -2.14. The largest absolute Gasteiger partial charge is 0.496 e. The second kappa shape index (κ2) is 6.71. The highest BCUT2D eigenvalue weighted by Crippen LogP contribution is 2.31. The number of rotatable bonds is 5. The van der Waals surface area contributed by atoms with Gasteiger partial charge in [0.05, 0.1) is 27.0 Å². The monoisotopic (exact) mass is 302 g/mol. The molecule has 0 fully saturated rings. The van der Waals surface area contributed by atoms with Crippen molar-refractivity contribution in [2.45, 2.75) is 0 Å². The van der Waals surface area contributed by atoms with Crippen molar-refractivity contribution in [1.82, 2.24) is 0 Å². The fourth-order valence-electron chi connectivity index (χ4n) is 2.07. The molecular weight excluding hydrogens is 284 g/mol. The summed E-state index contributed by atoms with van der Waals surface area (Å²) in [6, 6.07) is 10.1. The van der Waals surface area contributed by atoms with E-state index >= 15 is 0 Å². The van der Waals surface area contributed by atoms with Crippen LogP contribution >= 0.6 is 0 Å². The molecule has 0 atom stereocenters. The smallest absolute Gasteiger partial charge is 0.263 e. The number of methoxy groups -OCH3 is 3. The van der Waals surface area contributed by atoms with Gasteiger partial charge in [-0.05, 0) is 24.3 Å². The number of nitrogen functional groups attached to an aromatic ring is 1. The number of hydrogen-bond donors (Lipinski definition) is 2. The summed E-state index contributed by atoms with van der Waals surface area (Å²) in [5.74, 6) is 0.956. The van der Waals surface area contributed by atoms with Crippen LogP contribution < -0.4 is 25.3 Å². The van der Waals surface area contributed by atoms with E-state index in [1.165, 1.54) is 21.3 Å². The summed E-state index contributed by atoms with van der Waals surface area (Å²) in [6.45, 7) is 0. The highest BCUT2D eigenvalue weighted by molar-refractivity contribution is 6.08. The molecule has 0 heterocycles. The predicted molar refractivity (Wildman–Crippen MR) is 84.9 cm³/mol. The molecule has 6 nitrogen and oxygen atoms in total. The zero-order chi connectivity index (χ0) is 16.1. The lowest BCUT2D eigenvalue weighted by atomic mass is 10.1. The summed E-state index contributed by atoms with van der Waals surface area (Å²) in [5, 5.41) is 2.77. The predicted octanol–water partition coefficient (Wildman–Crippen LogP) is 2.55. The van der Waals surface area contributed by atoms with Gasteiger partial charge in [-0.1, -0.05) is 6.07 Å². The van der Waals surface area contributed by atoms with E-state index in [0.29, 0.717) is 34.2 Å². The lowest BCUT2D eigenvalue weighted by molar-refractivity contribution is 0.102. The van der Waals surface area contributed by atoms with Crippen LogP contribution in [0, 0.1) is 0 Å². The van der Waals surface area contributed by atoms with Gasteiger partial charge in [0, 0.05) is 11.8 Å². The maximum absolute atomic E-state index is 12.6. The van der Waals surface area contributed by atoms with Crippen LogP contribution in [0.1, 0.15) is 10.4 Å². The maximum atomic E-state index is 12.6. The van der Waals surface area contributed by atoms with Crippen LogP contribution in [-0.2, 0) is 0 Å². The van der Waals surface area contributed by atoms with Crippen LogP contribution in [0.4, 0.5) is 11.4 Å². The summed E-state index contributed by atoms with van der Waals surface area (Å²) in [4.78, 5) is 12.6. The highest BCUT2D eigenvalue weighted by Gasteiger charge is 2.19. The molecule has 22 heavy (non-hydrogen) atoms. The number of nitrogens with one attached hydrogen (secondary N) is 1. The first kappa shape index (κ1) is 15.5. The highest BCUT2D eigenvalue weighted by atomic mass is 16.5. The van der Waals surface area contributed by atoms with Gasteiger partial charge in [-0.25, -0.2) is 0 Å². The van der Waals surface area contributed by atoms with E-state index in [0.717, 1.165) is 0 Å². The van der Waals surface area contributed by atoms with Gasteiger partial charge < -0.3 is 25.3 Å². The van der Waals surface area contributed by atoms with Gasteiger partial charge >= 0.3 is 0 Å². The number of hydrogen-bond acceptors (Lipinski definition) is 5. The van der Waals surface area contributed by atoms with Crippen molar-refractivity contribution in [2.24, 2.45) is 0 Å². The molecular formula is C16H18N2O4. The van der Waals surface area contributed by atoms with Gasteiger partial charge in [0.25, 0.3) is 5.91 Å². The molecule has 0 aliphatic heterocycles. The van der Waals surface area contributed by atoms with Gasteiger partial charge in [-0.15, -0.1) is 0 Å². The van der Waals surface area contributed by atoms with E-state index < -0.39 is 0 Å². The van der Waals surface area contributed by atoms with E-state index in [9.17, 15) is 4.79 Å². The summed E-state index contributed by atoms with van der Waals surface area (Å²) in [5.41, 5.74) is 7.07. The molecule has 0 radical (unpaired) electrons.